The summed E-state index contributed by atoms with van der Waals surface area (Å²) in [6.07, 6.45) is 1.12. The fourth-order valence-electron chi connectivity index (χ4n) is 1.75. The monoisotopic (exact) mass is 266 g/mol. The quantitative estimate of drug-likeness (QED) is 0.657. The first-order valence-corrected chi connectivity index (χ1v) is 7.08. The van der Waals surface area contributed by atoms with Crippen molar-refractivity contribution in [2.45, 2.75) is 44.8 Å². The summed E-state index contributed by atoms with van der Waals surface area (Å²) in [7, 11) is -3.97. The maximum absolute atomic E-state index is 11.5. The van der Waals surface area contributed by atoms with Gasteiger partial charge in [-0.05, 0) is 19.8 Å². The highest BCUT2D eigenvalue weighted by atomic mass is 32.2. The summed E-state index contributed by atoms with van der Waals surface area (Å²) in [5.41, 5.74) is 0. The van der Waals surface area contributed by atoms with Crippen molar-refractivity contribution in [1.82, 2.24) is 9.44 Å². The van der Waals surface area contributed by atoms with Gasteiger partial charge in [0.15, 0.2) is 0 Å². The third-order valence-corrected chi connectivity index (χ3v) is 3.58. The molecule has 0 radical (unpaired) electrons. The van der Waals surface area contributed by atoms with Gasteiger partial charge in [0.1, 0.15) is 0 Å². The van der Waals surface area contributed by atoms with Gasteiger partial charge >= 0.3 is 16.3 Å². The van der Waals surface area contributed by atoms with Crippen molar-refractivity contribution in [3.05, 3.63) is 0 Å². The predicted octanol–water partition coefficient (Wildman–Crippen LogP) is -0.130. The Morgan fingerprint density at radius 1 is 1.41 bits per heavy atom. The average Bonchev–Trinajstić information content (AvgIpc) is 2.20. The molecule has 7 nitrogen and oxygen atoms in total. The van der Waals surface area contributed by atoms with Crippen LogP contribution < -0.4 is 9.44 Å². The van der Waals surface area contributed by atoms with E-state index in [4.69, 9.17) is 0 Å². The molecule has 0 saturated heterocycles. The van der Waals surface area contributed by atoms with Crippen LogP contribution in [0.4, 0.5) is 4.79 Å². The second kappa shape index (κ2) is 6.18. The standard InChI is InChI=1S/C9H18N2O5S/c1-2-16-9(13)11-17(14,15)10-7-5-3-4-6-8(7)12/h7-8,10,12H,2-6H2,1H3,(H,11,13). The number of hydrogen-bond acceptors (Lipinski definition) is 5. The molecule has 0 heterocycles. The maximum Gasteiger partial charge on any atom is 0.421 e. The smallest absolute Gasteiger partial charge is 0.421 e. The topological polar surface area (TPSA) is 105 Å². The Kier molecular flexibility index (Phi) is 5.16. The van der Waals surface area contributed by atoms with Crippen molar-refractivity contribution in [2.75, 3.05) is 6.61 Å². The molecular formula is C9H18N2O5S. The third-order valence-electron chi connectivity index (χ3n) is 2.53. The number of aliphatic hydroxyl groups is 1. The van der Waals surface area contributed by atoms with E-state index in [9.17, 15) is 18.3 Å². The summed E-state index contributed by atoms with van der Waals surface area (Å²) in [6.45, 7) is 1.66. The molecule has 0 spiro atoms. The SMILES string of the molecule is CCOC(=O)NS(=O)(=O)NC1CCCCC1O. The Labute approximate surface area is 101 Å². The summed E-state index contributed by atoms with van der Waals surface area (Å²) in [6, 6.07) is -0.546. The molecule has 1 amide bonds. The van der Waals surface area contributed by atoms with Crippen LogP contribution in [0.15, 0.2) is 0 Å². The van der Waals surface area contributed by atoms with Crippen molar-refractivity contribution >= 4 is 16.3 Å². The second-order valence-corrected chi connectivity index (χ2v) is 5.35. The second-order valence-electron chi connectivity index (χ2n) is 3.90. The fraction of sp³-hybridized carbons (Fsp3) is 0.889. The Bertz CT molecular complexity index is 356. The van der Waals surface area contributed by atoms with E-state index in [0.717, 1.165) is 12.8 Å². The molecule has 0 aromatic carbocycles. The van der Waals surface area contributed by atoms with Crippen LogP contribution in [0.25, 0.3) is 0 Å². The van der Waals surface area contributed by atoms with Crippen LogP contribution in [0, 0.1) is 0 Å². The lowest BCUT2D eigenvalue weighted by Gasteiger charge is -2.27. The molecule has 8 heteroatoms. The largest absolute Gasteiger partial charge is 0.449 e. The molecule has 1 aliphatic rings. The van der Waals surface area contributed by atoms with Crippen molar-refractivity contribution in [1.29, 1.82) is 0 Å². The van der Waals surface area contributed by atoms with E-state index in [-0.39, 0.29) is 6.61 Å². The van der Waals surface area contributed by atoms with E-state index in [0.29, 0.717) is 12.8 Å². The maximum atomic E-state index is 11.5. The summed E-state index contributed by atoms with van der Waals surface area (Å²) in [5, 5.41) is 9.60. The van der Waals surface area contributed by atoms with Gasteiger partial charge in [-0.2, -0.15) is 13.1 Å². The lowest BCUT2D eigenvalue weighted by atomic mass is 9.93. The minimum atomic E-state index is -3.97. The Balaban J connectivity index is 2.50. The van der Waals surface area contributed by atoms with Crippen LogP contribution >= 0.6 is 0 Å². The zero-order valence-electron chi connectivity index (χ0n) is 9.68. The van der Waals surface area contributed by atoms with Gasteiger partial charge in [0.05, 0.1) is 12.7 Å². The van der Waals surface area contributed by atoms with E-state index in [1.807, 2.05) is 0 Å². The molecule has 17 heavy (non-hydrogen) atoms. The van der Waals surface area contributed by atoms with E-state index >= 15 is 0 Å². The molecule has 3 N–H and O–H groups in total. The first-order valence-electron chi connectivity index (χ1n) is 5.59. The number of hydrogen-bond donors (Lipinski definition) is 3. The van der Waals surface area contributed by atoms with Crippen molar-refractivity contribution in [2.24, 2.45) is 0 Å². The van der Waals surface area contributed by atoms with Crippen molar-refractivity contribution in [3.8, 4) is 0 Å². The summed E-state index contributed by atoms with van der Waals surface area (Å²) < 4.78 is 31.4. The third kappa shape index (κ3) is 4.88. The van der Waals surface area contributed by atoms with Crippen LogP contribution in [0.5, 0.6) is 0 Å². The highest BCUT2D eigenvalue weighted by Gasteiger charge is 2.28. The summed E-state index contributed by atoms with van der Waals surface area (Å²) in [5.74, 6) is 0. The summed E-state index contributed by atoms with van der Waals surface area (Å²) in [4.78, 5) is 11.0. The number of amides is 1. The Hall–Kier alpha value is -0.860. The van der Waals surface area contributed by atoms with Gasteiger partial charge in [-0.1, -0.05) is 12.8 Å². The van der Waals surface area contributed by atoms with Crippen LogP contribution in [0.3, 0.4) is 0 Å². The van der Waals surface area contributed by atoms with Crippen molar-refractivity contribution in [3.63, 3.8) is 0 Å². The van der Waals surface area contributed by atoms with Gasteiger partial charge in [0, 0.05) is 6.04 Å². The van der Waals surface area contributed by atoms with Gasteiger partial charge in [-0.3, -0.25) is 0 Å². The number of aliphatic hydroxyl groups excluding tert-OH is 1. The average molecular weight is 266 g/mol. The first kappa shape index (κ1) is 14.2. The van der Waals surface area contributed by atoms with Crippen LogP contribution in [-0.4, -0.2) is 38.4 Å². The Morgan fingerprint density at radius 2 is 2.06 bits per heavy atom. The number of carbonyl (C=O) groups is 1. The van der Waals surface area contributed by atoms with Gasteiger partial charge < -0.3 is 9.84 Å². The number of ether oxygens (including phenoxy) is 1. The zero-order valence-corrected chi connectivity index (χ0v) is 10.5. The highest BCUT2D eigenvalue weighted by molar-refractivity contribution is 7.88. The molecule has 100 valence electrons. The molecule has 1 rings (SSSR count). The van der Waals surface area contributed by atoms with E-state index in [1.165, 1.54) is 0 Å². The molecule has 0 aromatic heterocycles. The minimum Gasteiger partial charge on any atom is -0.449 e. The van der Waals surface area contributed by atoms with Gasteiger partial charge in [-0.15, -0.1) is 0 Å². The number of nitrogens with one attached hydrogen (secondary N) is 2. The summed E-state index contributed by atoms with van der Waals surface area (Å²) >= 11 is 0. The van der Waals surface area contributed by atoms with Crippen molar-refractivity contribution < 1.29 is 23.1 Å². The molecular weight excluding hydrogens is 248 g/mol. The van der Waals surface area contributed by atoms with Crippen LogP contribution in [0.1, 0.15) is 32.6 Å². The number of rotatable bonds is 4. The number of carbonyl (C=O) groups excluding carboxylic acids is 1. The molecule has 0 aliphatic heterocycles. The van der Waals surface area contributed by atoms with E-state index in [1.54, 1.807) is 11.6 Å². The van der Waals surface area contributed by atoms with Crippen LogP contribution in [-0.2, 0) is 14.9 Å². The first-order chi connectivity index (χ1) is 7.94. The van der Waals surface area contributed by atoms with Gasteiger partial charge in [-0.25, -0.2) is 9.52 Å². The molecule has 1 aliphatic carbocycles. The van der Waals surface area contributed by atoms with Gasteiger partial charge in [0.25, 0.3) is 0 Å². The zero-order chi connectivity index (χ0) is 12.9. The normalized spacial score (nSPS) is 25.3. The molecule has 2 atom stereocenters. The van der Waals surface area contributed by atoms with E-state index in [2.05, 4.69) is 9.46 Å². The molecule has 0 bridgehead atoms. The molecule has 1 fully saturated rings. The minimum absolute atomic E-state index is 0.0907. The lowest BCUT2D eigenvalue weighted by Crippen LogP contribution is -2.50. The molecule has 2 unspecified atom stereocenters. The van der Waals surface area contributed by atoms with E-state index < -0.39 is 28.4 Å². The lowest BCUT2D eigenvalue weighted by molar-refractivity contribution is 0.101. The van der Waals surface area contributed by atoms with Crippen LogP contribution in [0.2, 0.25) is 0 Å². The van der Waals surface area contributed by atoms with Gasteiger partial charge in [0.2, 0.25) is 0 Å². The highest BCUT2D eigenvalue weighted by Crippen LogP contribution is 2.18. The fourth-order valence-corrected chi connectivity index (χ4v) is 2.76. The molecule has 0 aromatic rings. The molecule has 1 saturated carbocycles. The Morgan fingerprint density at radius 3 is 2.65 bits per heavy atom. The predicted molar refractivity (Wildman–Crippen MR) is 60.5 cm³/mol.